The molecule has 1 atom stereocenters. The average molecular weight is 438 g/mol. The first-order chi connectivity index (χ1) is 15.6. The first-order valence-electron chi connectivity index (χ1n) is 10.6. The van der Waals surface area contributed by atoms with Gasteiger partial charge in [0.15, 0.2) is 9.84 Å². The lowest BCUT2D eigenvalue weighted by atomic mass is 9.98. The normalized spacial score (nSPS) is 12.7. The van der Waals surface area contributed by atoms with Gasteiger partial charge >= 0.3 is 0 Å². The third kappa shape index (κ3) is 3.53. The van der Waals surface area contributed by atoms with Gasteiger partial charge in [-0.25, -0.2) is 8.42 Å². The molecule has 158 valence electrons. The number of rotatable bonds is 5. The zero-order chi connectivity index (χ0) is 22.1. The van der Waals surface area contributed by atoms with Crippen LogP contribution in [-0.4, -0.2) is 13.4 Å². The van der Waals surface area contributed by atoms with E-state index in [1.54, 1.807) is 12.1 Å². The molecule has 1 heterocycles. The van der Waals surface area contributed by atoms with Crippen LogP contribution >= 0.6 is 0 Å². The smallest absolute Gasteiger partial charge is 0.189 e. The molecule has 0 aliphatic carbocycles. The second kappa shape index (κ2) is 8.13. The molecule has 0 amide bonds. The number of hydrogen-bond acceptors (Lipinski definition) is 2. The monoisotopic (exact) mass is 437 g/mol. The van der Waals surface area contributed by atoms with Gasteiger partial charge in [0.05, 0.1) is 10.6 Å². The Labute approximate surface area is 188 Å². The zero-order valence-electron chi connectivity index (χ0n) is 17.7. The van der Waals surface area contributed by atoms with Crippen LogP contribution in [0.1, 0.15) is 21.9 Å². The number of nitrogens with one attached hydrogen (secondary N) is 1. The second-order valence-electron chi connectivity index (χ2n) is 7.97. The molecule has 4 heteroatoms. The topological polar surface area (TPSA) is 49.9 Å². The number of hydrogen-bond donors (Lipinski definition) is 1. The van der Waals surface area contributed by atoms with Crippen molar-refractivity contribution in [2.75, 3.05) is 0 Å². The summed E-state index contributed by atoms with van der Waals surface area (Å²) in [6.07, 6.45) is 0. The average Bonchev–Trinajstić information content (AvgIpc) is 3.20. The van der Waals surface area contributed by atoms with E-state index in [9.17, 15) is 8.42 Å². The Morgan fingerprint density at radius 2 is 1.28 bits per heavy atom. The molecule has 0 spiro atoms. The van der Waals surface area contributed by atoms with Gasteiger partial charge in [-0.15, -0.1) is 0 Å². The van der Waals surface area contributed by atoms with Crippen molar-refractivity contribution in [1.29, 1.82) is 0 Å². The number of para-hydroxylation sites is 1. The van der Waals surface area contributed by atoms with E-state index in [0.717, 1.165) is 38.9 Å². The van der Waals surface area contributed by atoms with Gasteiger partial charge in [0.25, 0.3) is 0 Å². The van der Waals surface area contributed by atoms with Crippen molar-refractivity contribution in [3.8, 4) is 11.3 Å². The van der Waals surface area contributed by atoms with Crippen LogP contribution in [0.2, 0.25) is 0 Å². The van der Waals surface area contributed by atoms with Crippen LogP contribution in [0.15, 0.2) is 114 Å². The highest BCUT2D eigenvalue weighted by Crippen LogP contribution is 2.43. The Kier molecular flexibility index (Phi) is 5.16. The van der Waals surface area contributed by atoms with E-state index in [1.165, 1.54) is 0 Å². The molecule has 0 aliphatic rings. The van der Waals surface area contributed by atoms with E-state index in [2.05, 4.69) is 4.98 Å². The molecule has 0 fully saturated rings. The SMILES string of the molecule is Cc1ccc(S(=O)(=O)C(c2ccccc2)c2c(-c3ccccc3)[nH]c3ccccc23)cc1. The Morgan fingerprint density at radius 1 is 0.688 bits per heavy atom. The van der Waals surface area contributed by atoms with E-state index >= 15 is 0 Å². The van der Waals surface area contributed by atoms with Crippen LogP contribution in [-0.2, 0) is 9.84 Å². The van der Waals surface area contributed by atoms with Crippen LogP contribution < -0.4 is 0 Å². The number of H-pyrrole nitrogens is 1. The van der Waals surface area contributed by atoms with Gasteiger partial charge in [0.2, 0.25) is 0 Å². The largest absolute Gasteiger partial charge is 0.354 e. The highest BCUT2D eigenvalue weighted by molar-refractivity contribution is 7.92. The summed E-state index contributed by atoms with van der Waals surface area (Å²) >= 11 is 0. The number of aromatic amines is 1. The highest BCUT2D eigenvalue weighted by Gasteiger charge is 2.35. The molecule has 0 radical (unpaired) electrons. The third-order valence-electron chi connectivity index (χ3n) is 5.83. The molecule has 3 nitrogen and oxygen atoms in total. The first-order valence-corrected chi connectivity index (χ1v) is 12.1. The first kappa shape index (κ1) is 20.3. The third-order valence-corrected chi connectivity index (χ3v) is 7.89. The Balaban J connectivity index is 1.85. The lowest BCUT2D eigenvalue weighted by Crippen LogP contribution is -2.16. The fraction of sp³-hybridized carbons (Fsp3) is 0.0714. The summed E-state index contributed by atoms with van der Waals surface area (Å²) in [5.41, 5.74) is 5.25. The quantitative estimate of drug-likeness (QED) is 0.332. The van der Waals surface area contributed by atoms with Crippen molar-refractivity contribution in [3.63, 3.8) is 0 Å². The summed E-state index contributed by atoms with van der Waals surface area (Å²) in [6.45, 7) is 1.96. The van der Waals surface area contributed by atoms with Gasteiger partial charge < -0.3 is 4.98 Å². The molecule has 0 aliphatic heterocycles. The van der Waals surface area contributed by atoms with Gasteiger partial charge in [0, 0.05) is 16.5 Å². The summed E-state index contributed by atoms with van der Waals surface area (Å²) < 4.78 is 28.3. The molecule has 5 aromatic rings. The maximum absolute atomic E-state index is 14.2. The maximum Gasteiger partial charge on any atom is 0.189 e. The molecule has 32 heavy (non-hydrogen) atoms. The summed E-state index contributed by atoms with van der Waals surface area (Å²) in [4.78, 5) is 3.82. The molecular weight excluding hydrogens is 414 g/mol. The van der Waals surface area contributed by atoms with Gasteiger partial charge in [-0.3, -0.25) is 0 Å². The molecule has 0 saturated carbocycles. The number of fused-ring (bicyclic) bond motifs is 1. The minimum Gasteiger partial charge on any atom is -0.354 e. The van der Waals surface area contributed by atoms with E-state index in [0.29, 0.717) is 4.90 Å². The highest BCUT2D eigenvalue weighted by atomic mass is 32.2. The van der Waals surface area contributed by atoms with Crippen molar-refractivity contribution < 1.29 is 8.42 Å². The summed E-state index contributed by atoms with van der Waals surface area (Å²) in [7, 11) is -3.74. The van der Waals surface area contributed by atoms with Gasteiger partial charge in [-0.2, -0.15) is 0 Å². The number of aromatic nitrogens is 1. The van der Waals surface area contributed by atoms with E-state index in [1.807, 2.05) is 104 Å². The molecule has 1 aromatic heterocycles. The van der Waals surface area contributed by atoms with Crippen molar-refractivity contribution in [1.82, 2.24) is 4.98 Å². The number of benzene rings is 4. The summed E-state index contributed by atoms with van der Waals surface area (Å²) in [5, 5.41) is 0.0636. The number of aryl methyl sites for hydroxylation is 1. The molecule has 4 aromatic carbocycles. The lowest BCUT2D eigenvalue weighted by molar-refractivity contribution is 0.589. The molecule has 0 bridgehead atoms. The van der Waals surface area contributed by atoms with Crippen LogP contribution in [0.3, 0.4) is 0 Å². The molecular formula is C28H23NO2S. The second-order valence-corrected chi connectivity index (χ2v) is 10.0. The Hall–Kier alpha value is -3.63. The Morgan fingerprint density at radius 3 is 1.97 bits per heavy atom. The van der Waals surface area contributed by atoms with Crippen molar-refractivity contribution >= 4 is 20.7 Å². The standard InChI is InChI=1S/C28H23NO2S/c1-20-16-18-23(19-17-20)32(30,31)28(22-12-6-3-7-13-22)26-24-14-8-9-15-25(24)29-27(26)21-10-4-2-5-11-21/h2-19,28-29H,1H3. The van der Waals surface area contributed by atoms with Gasteiger partial charge in [0.1, 0.15) is 5.25 Å². The van der Waals surface area contributed by atoms with Gasteiger partial charge in [-0.1, -0.05) is 96.6 Å². The predicted octanol–water partition coefficient (Wildman–Crippen LogP) is 6.71. The van der Waals surface area contributed by atoms with E-state index in [4.69, 9.17) is 0 Å². The van der Waals surface area contributed by atoms with Gasteiger partial charge in [-0.05, 0) is 36.2 Å². The molecule has 1 N–H and O–H groups in total. The predicted molar refractivity (Wildman–Crippen MR) is 130 cm³/mol. The van der Waals surface area contributed by atoms with Crippen molar-refractivity contribution in [2.24, 2.45) is 0 Å². The minimum atomic E-state index is -3.74. The maximum atomic E-state index is 14.2. The minimum absolute atomic E-state index is 0.321. The Bertz CT molecular complexity index is 1470. The van der Waals surface area contributed by atoms with Crippen LogP contribution in [0, 0.1) is 6.92 Å². The summed E-state index contributed by atoms with van der Waals surface area (Å²) in [5.74, 6) is 0. The van der Waals surface area contributed by atoms with Crippen molar-refractivity contribution in [3.05, 3.63) is 126 Å². The van der Waals surface area contributed by atoms with E-state index in [-0.39, 0.29) is 0 Å². The lowest BCUT2D eigenvalue weighted by Gasteiger charge is -2.20. The fourth-order valence-electron chi connectivity index (χ4n) is 4.26. The summed E-state index contributed by atoms with van der Waals surface area (Å²) in [6, 6.07) is 34.4. The number of sulfone groups is 1. The molecule has 1 unspecified atom stereocenters. The molecule has 0 saturated heterocycles. The molecule has 5 rings (SSSR count). The van der Waals surface area contributed by atoms with Crippen LogP contribution in [0.5, 0.6) is 0 Å². The van der Waals surface area contributed by atoms with E-state index < -0.39 is 15.1 Å². The zero-order valence-corrected chi connectivity index (χ0v) is 18.5. The fourth-order valence-corrected chi connectivity index (χ4v) is 6.12. The van der Waals surface area contributed by atoms with Crippen LogP contribution in [0.4, 0.5) is 0 Å². The van der Waals surface area contributed by atoms with Crippen LogP contribution in [0.25, 0.3) is 22.2 Å². The van der Waals surface area contributed by atoms with Crippen molar-refractivity contribution in [2.45, 2.75) is 17.1 Å².